The minimum absolute atomic E-state index is 0.00384. The summed E-state index contributed by atoms with van der Waals surface area (Å²) >= 11 is 11.3. The van der Waals surface area contributed by atoms with Gasteiger partial charge in [0.05, 0.1) is 16.5 Å². The first-order valence-electron chi connectivity index (χ1n) is 8.11. The van der Waals surface area contributed by atoms with Crippen LogP contribution in [-0.2, 0) is 16.4 Å². The van der Waals surface area contributed by atoms with Crippen molar-refractivity contribution in [3.05, 3.63) is 64.9 Å². The van der Waals surface area contributed by atoms with Crippen LogP contribution in [0.25, 0.3) is 0 Å². The molecule has 1 N–H and O–H groups in total. The van der Waals surface area contributed by atoms with E-state index in [9.17, 15) is 12.8 Å². The summed E-state index contributed by atoms with van der Waals surface area (Å²) in [6, 6.07) is 13.8. The van der Waals surface area contributed by atoms with Gasteiger partial charge in [-0.15, -0.1) is 0 Å². The number of hydrogen-bond donors (Lipinski definition) is 1. The van der Waals surface area contributed by atoms with Crippen molar-refractivity contribution in [1.82, 2.24) is 4.90 Å². The number of sulfone groups is 1. The zero-order valence-corrected chi connectivity index (χ0v) is 16.2. The average Bonchev–Trinajstić information content (AvgIpc) is 2.96. The second-order valence-electron chi connectivity index (χ2n) is 6.23. The van der Waals surface area contributed by atoms with Gasteiger partial charge in [0, 0.05) is 18.3 Å². The molecule has 0 bridgehead atoms. The molecule has 0 amide bonds. The number of rotatable bonds is 4. The monoisotopic (exact) mass is 412 g/mol. The number of thiocarbonyl (C=S) groups is 1. The standard InChI is InChI=1S/C18H18ClFN2O2S2/c19-16-10-14(6-7-17(16)20)21-18(25)22(11-13-4-2-1-3-5-13)15-8-9-26(23,24)12-15/h1-7,10,15H,8-9,11-12H2,(H,21,25)/t15-/m0/s1. The maximum absolute atomic E-state index is 13.3. The zero-order chi connectivity index (χ0) is 18.7. The summed E-state index contributed by atoms with van der Waals surface area (Å²) in [4.78, 5) is 1.88. The number of halogens is 2. The van der Waals surface area contributed by atoms with E-state index in [1.165, 1.54) is 12.1 Å². The van der Waals surface area contributed by atoms with Gasteiger partial charge >= 0.3 is 0 Å². The van der Waals surface area contributed by atoms with Crippen LogP contribution in [0.4, 0.5) is 10.1 Å². The van der Waals surface area contributed by atoms with Gasteiger partial charge in [-0.25, -0.2) is 12.8 Å². The number of benzene rings is 2. The van der Waals surface area contributed by atoms with E-state index in [0.29, 0.717) is 23.8 Å². The predicted octanol–water partition coefficient (Wildman–Crippen LogP) is 3.87. The van der Waals surface area contributed by atoms with Gasteiger partial charge in [-0.1, -0.05) is 41.9 Å². The molecule has 8 heteroatoms. The molecular weight excluding hydrogens is 395 g/mol. The first-order chi connectivity index (χ1) is 12.3. The van der Waals surface area contributed by atoms with E-state index in [1.807, 2.05) is 35.2 Å². The van der Waals surface area contributed by atoms with Crippen LogP contribution in [0.5, 0.6) is 0 Å². The molecule has 2 aromatic carbocycles. The average molecular weight is 413 g/mol. The maximum atomic E-state index is 13.3. The van der Waals surface area contributed by atoms with E-state index in [2.05, 4.69) is 5.32 Å². The summed E-state index contributed by atoms with van der Waals surface area (Å²) in [5.41, 5.74) is 1.58. The quantitative estimate of drug-likeness (QED) is 0.772. The Morgan fingerprint density at radius 2 is 2.00 bits per heavy atom. The Morgan fingerprint density at radius 3 is 2.62 bits per heavy atom. The van der Waals surface area contributed by atoms with Crippen LogP contribution in [0.15, 0.2) is 48.5 Å². The summed E-state index contributed by atoms with van der Waals surface area (Å²) in [7, 11) is -3.05. The van der Waals surface area contributed by atoms with Crippen molar-refractivity contribution in [1.29, 1.82) is 0 Å². The molecule has 1 heterocycles. The van der Waals surface area contributed by atoms with Crippen LogP contribution in [0.3, 0.4) is 0 Å². The third-order valence-electron chi connectivity index (χ3n) is 4.28. The summed E-state index contributed by atoms with van der Waals surface area (Å²) in [6.07, 6.45) is 0.529. The lowest BCUT2D eigenvalue weighted by Gasteiger charge is -2.31. The molecule has 1 fully saturated rings. The van der Waals surface area contributed by atoms with Gasteiger partial charge < -0.3 is 10.2 Å². The molecule has 1 aliphatic heterocycles. The Balaban J connectivity index is 1.81. The van der Waals surface area contributed by atoms with Crippen molar-refractivity contribution in [2.24, 2.45) is 0 Å². The van der Waals surface area contributed by atoms with Crippen LogP contribution >= 0.6 is 23.8 Å². The van der Waals surface area contributed by atoms with Gasteiger partial charge in [0.2, 0.25) is 0 Å². The molecule has 0 unspecified atom stereocenters. The van der Waals surface area contributed by atoms with E-state index in [-0.39, 0.29) is 22.6 Å². The highest BCUT2D eigenvalue weighted by Gasteiger charge is 2.33. The summed E-state index contributed by atoms with van der Waals surface area (Å²) < 4.78 is 37.2. The second kappa shape index (κ2) is 7.90. The Bertz CT molecular complexity index is 907. The van der Waals surface area contributed by atoms with Crippen molar-refractivity contribution in [3.8, 4) is 0 Å². The van der Waals surface area contributed by atoms with Crippen LogP contribution in [-0.4, -0.2) is 36.0 Å². The van der Waals surface area contributed by atoms with E-state index in [1.54, 1.807) is 6.07 Å². The number of anilines is 1. The Kier molecular flexibility index (Phi) is 5.79. The molecule has 2 aromatic rings. The highest BCUT2D eigenvalue weighted by molar-refractivity contribution is 7.91. The SMILES string of the molecule is O=S1(=O)CC[C@H](N(Cc2ccccc2)C(=S)Nc2ccc(F)c(Cl)c2)C1. The lowest BCUT2D eigenvalue weighted by atomic mass is 10.1. The third-order valence-corrected chi connectivity index (χ3v) is 6.65. The largest absolute Gasteiger partial charge is 0.341 e. The molecular formula is C18H18ClFN2O2S2. The van der Waals surface area contributed by atoms with Gasteiger partial charge in [0.25, 0.3) is 0 Å². The van der Waals surface area contributed by atoms with Crippen LogP contribution in [0.1, 0.15) is 12.0 Å². The molecule has 1 aliphatic rings. The van der Waals surface area contributed by atoms with Crippen molar-refractivity contribution in [3.63, 3.8) is 0 Å². The number of nitrogens with one attached hydrogen (secondary N) is 1. The van der Waals surface area contributed by atoms with Crippen LogP contribution < -0.4 is 5.32 Å². The molecule has 3 rings (SSSR count). The van der Waals surface area contributed by atoms with Crippen molar-refractivity contribution in [2.75, 3.05) is 16.8 Å². The Morgan fingerprint density at radius 1 is 1.27 bits per heavy atom. The molecule has 138 valence electrons. The van der Waals surface area contributed by atoms with Crippen molar-refractivity contribution < 1.29 is 12.8 Å². The molecule has 0 radical (unpaired) electrons. The molecule has 26 heavy (non-hydrogen) atoms. The van der Waals surface area contributed by atoms with Gasteiger partial charge in [0.15, 0.2) is 14.9 Å². The molecule has 1 atom stereocenters. The van der Waals surface area contributed by atoms with E-state index in [4.69, 9.17) is 23.8 Å². The first-order valence-corrected chi connectivity index (χ1v) is 10.7. The summed E-state index contributed by atoms with van der Waals surface area (Å²) in [5, 5.41) is 3.43. The molecule has 1 saturated heterocycles. The molecule has 0 spiro atoms. The van der Waals surface area contributed by atoms with Crippen molar-refractivity contribution >= 4 is 44.5 Å². The van der Waals surface area contributed by atoms with Crippen molar-refractivity contribution in [2.45, 2.75) is 19.0 Å². The van der Waals surface area contributed by atoms with Crippen LogP contribution in [0, 0.1) is 5.82 Å². The second-order valence-corrected chi connectivity index (χ2v) is 9.25. The molecule has 0 saturated carbocycles. The highest BCUT2D eigenvalue weighted by Crippen LogP contribution is 2.23. The zero-order valence-electron chi connectivity index (χ0n) is 13.9. The third kappa shape index (κ3) is 4.72. The topological polar surface area (TPSA) is 49.4 Å². The van der Waals surface area contributed by atoms with Gasteiger partial charge in [-0.3, -0.25) is 0 Å². The highest BCUT2D eigenvalue weighted by atomic mass is 35.5. The fraction of sp³-hybridized carbons (Fsp3) is 0.278. The van der Waals surface area contributed by atoms with E-state index < -0.39 is 15.7 Å². The minimum atomic E-state index is -3.05. The molecule has 0 aromatic heterocycles. The van der Waals surface area contributed by atoms with E-state index in [0.717, 1.165) is 5.56 Å². The van der Waals surface area contributed by atoms with Gasteiger partial charge in [-0.05, 0) is 42.4 Å². The van der Waals surface area contributed by atoms with Gasteiger partial charge in [0.1, 0.15) is 5.82 Å². The van der Waals surface area contributed by atoms with E-state index >= 15 is 0 Å². The molecule has 0 aliphatic carbocycles. The summed E-state index contributed by atoms with van der Waals surface area (Å²) in [5.74, 6) is -0.272. The Labute approximate surface area is 162 Å². The fourth-order valence-electron chi connectivity index (χ4n) is 2.94. The predicted molar refractivity (Wildman–Crippen MR) is 107 cm³/mol. The smallest absolute Gasteiger partial charge is 0.174 e. The minimum Gasteiger partial charge on any atom is -0.341 e. The normalized spacial score (nSPS) is 18.5. The Hall–Kier alpha value is -1.70. The maximum Gasteiger partial charge on any atom is 0.174 e. The van der Waals surface area contributed by atoms with Gasteiger partial charge in [-0.2, -0.15) is 0 Å². The fourth-order valence-corrected chi connectivity index (χ4v) is 5.18. The lowest BCUT2D eigenvalue weighted by Crippen LogP contribution is -2.43. The summed E-state index contributed by atoms with van der Waals surface area (Å²) in [6.45, 7) is 0.488. The first kappa shape index (κ1) is 19.1. The van der Waals surface area contributed by atoms with Crippen LogP contribution in [0.2, 0.25) is 5.02 Å². The molecule has 4 nitrogen and oxygen atoms in total. The lowest BCUT2D eigenvalue weighted by molar-refractivity contribution is 0.332. The number of hydrogen-bond acceptors (Lipinski definition) is 3. The number of nitrogens with zero attached hydrogens (tertiary/aromatic N) is 1.